The molecule has 0 aromatic heterocycles. The van der Waals surface area contributed by atoms with Crippen molar-refractivity contribution < 1.29 is 9.53 Å². The lowest BCUT2D eigenvalue weighted by Crippen LogP contribution is -2.47. The molecule has 0 saturated carbocycles. The number of anilines is 1. The number of carbonyl (C=O) groups is 1. The Morgan fingerprint density at radius 3 is 2.54 bits per heavy atom. The molecule has 2 aromatic rings. The Labute approximate surface area is 176 Å². The zero-order valence-corrected chi connectivity index (χ0v) is 17.7. The molecular weight excluding hydrogens is 438 g/mol. The van der Waals surface area contributed by atoms with Crippen LogP contribution in [0.3, 0.4) is 0 Å². The lowest BCUT2D eigenvalue weighted by atomic mass is 9.86. The van der Waals surface area contributed by atoms with Crippen LogP contribution in [0.15, 0.2) is 63.6 Å². The highest BCUT2D eigenvalue weighted by molar-refractivity contribution is 9.10. The lowest BCUT2D eigenvalue weighted by molar-refractivity contribution is -0.129. The van der Waals surface area contributed by atoms with Crippen LogP contribution in [0.5, 0.6) is 5.75 Å². The molecule has 0 N–H and O–H groups in total. The number of hydrogen-bond acceptors (Lipinski definition) is 5. The SMILES string of the molecule is COc1ccc([C@H]2CC(=O)N3CN(c4ccc(Br)cc4)CSC3=C2C#N)cc1. The summed E-state index contributed by atoms with van der Waals surface area (Å²) in [7, 11) is 1.62. The van der Waals surface area contributed by atoms with Crippen molar-refractivity contribution in [1.82, 2.24) is 4.90 Å². The van der Waals surface area contributed by atoms with Crippen molar-refractivity contribution in [2.75, 3.05) is 24.6 Å². The van der Waals surface area contributed by atoms with Crippen LogP contribution >= 0.6 is 27.7 Å². The normalized spacial score (nSPS) is 19.3. The van der Waals surface area contributed by atoms with Gasteiger partial charge in [-0.05, 0) is 42.0 Å². The van der Waals surface area contributed by atoms with Gasteiger partial charge in [-0.25, -0.2) is 0 Å². The molecule has 0 radical (unpaired) electrons. The van der Waals surface area contributed by atoms with Crippen molar-refractivity contribution in [3.05, 3.63) is 69.2 Å². The molecule has 1 atom stereocenters. The van der Waals surface area contributed by atoms with Crippen LogP contribution in [0.25, 0.3) is 0 Å². The van der Waals surface area contributed by atoms with Gasteiger partial charge in [0, 0.05) is 22.5 Å². The minimum Gasteiger partial charge on any atom is -0.497 e. The van der Waals surface area contributed by atoms with Gasteiger partial charge in [-0.1, -0.05) is 39.8 Å². The molecule has 142 valence electrons. The zero-order chi connectivity index (χ0) is 19.7. The Hall–Kier alpha value is -2.43. The van der Waals surface area contributed by atoms with Crippen molar-refractivity contribution in [2.24, 2.45) is 0 Å². The summed E-state index contributed by atoms with van der Waals surface area (Å²) in [5.74, 6) is 1.29. The van der Waals surface area contributed by atoms with Crippen molar-refractivity contribution in [3.8, 4) is 11.8 Å². The number of amides is 1. The van der Waals surface area contributed by atoms with Gasteiger partial charge < -0.3 is 9.64 Å². The van der Waals surface area contributed by atoms with Gasteiger partial charge in [-0.15, -0.1) is 0 Å². The number of thioether (sulfide) groups is 1. The van der Waals surface area contributed by atoms with E-state index in [9.17, 15) is 10.1 Å². The van der Waals surface area contributed by atoms with Gasteiger partial charge in [0.15, 0.2) is 0 Å². The standard InChI is InChI=1S/C21H18BrN3O2S/c1-27-17-8-2-14(3-9-17)18-10-20(26)25-12-24(13-28-21(25)19(18)11-23)16-6-4-15(22)5-7-16/h2-9,18H,10,12-13H2,1H3/t18-/m1/s1. The summed E-state index contributed by atoms with van der Waals surface area (Å²) in [6.07, 6.45) is 0.299. The summed E-state index contributed by atoms with van der Waals surface area (Å²) in [6.45, 7) is 0.462. The third-order valence-corrected chi connectivity index (χ3v) is 6.69. The third-order valence-electron chi connectivity index (χ3n) is 5.00. The first-order valence-corrected chi connectivity index (χ1v) is 10.6. The maximum atomic E-state index is 12.9. The number of rotatable bonds is 3. The minimum absolute atomic E-state index is 0.0455. The number of benzene rings is 2. The second-order valence-corrected chi connectivity index (χ2v) is 8.46. The molecule has 0 unspecified atom stereocenters. The molecule has 1 saturated heterocycles. The van der Waals surface area contributed by atoms with Crippen LogP contribution < -0.4 is 9.64 Å². The first-order chi connectivity index (χ1) is 13.6. The number of nitriles is 1. The third kappa shape index (κ3) is 3.50. The minimum atomic E-state index is -0.207. The van der Waals surface area contributed by atoms with Crippen LogP contribution in [0, 0.1) is 11.3 Å². The van der Waals surface area contributed by atoms with Crippen LogP contribution in [0.4, 0.5) is 5.69 Å². The molecule has 2 aromatic carbocycles. The first-order valence-electron chi connectivity index (χ1n) is 8.82. The summed E-state index contributed by atoms with van der Waals surface area (Å²) < 4.78 is 6.23. The topological polar surface area (TPSA) is 56.6 Å². The molecule has 1 fully saturated rings. The van der Waals surface area contributed by atoms with E-state index in [0.717, 1.165) is 26.5 Å². The number of ether oxygens (including phenoxy) is 1. The smallest absolute Gasteiger partial charge is 0.229 e. The molecule has 2 heterocycles. The van der Waals surface area contributed by atoms with E-state index >= 15 is 0 Å². The molecule has 2 aliphatic rings. The van der Waals surface area contributed by atoms with E-state index in [0.29, 0.717) is 24.5 Å². The fraction of sp³-hybridized carbons (Fsp3) is 0.238. The van der Waals surface area contributed by atoms with Gasteiger partial charge in [0.25, 0.3) is 0 Å². The second-order valence-electron chi connectivity index (χ2n) is 6.61. The van der Waals surface area contributed by atoms with E-state index in [2.05, 4.69) is 26.9 Å². The largest absolute Gasteiger partial charge is 0.497 e. The van der Waals surface area contributed by atoms with Gasteiger partial charge in [0.05, 0.1) is 36.3 Å². The highest BCUT2D eigenvalue weighted by atomic mass is 79.9. The van der Waals surface area contributed by atoms with Crippen LogP contribution in [0.2, 0.25) is 0 Å². The van der Waals surface area contributed by atoms with Crippen molar-refractivity contribution in [1.29, 1.82) is 5.26 Å². The van der Waals surface area contributed by atoms with E-state index in [4.69, 9.17) is 4.74 Å². The van der Waals surface area contributed by atoms with Crippen LogP contribution in [-0.2, 0) is 4.79 Å². The maximum Gasteiger partial charge on any atom is 0.229 e. The molecule has 0 bridgehead atoms. The Morgan fingerprint density at radius 1 is 1.18 bits per heavy atom. The highest BCUT2D eigenvalue weighted by Gasteiger charge is 2.38. The number of nitrogens with zero attached hydrogens (tertiary/aromatic N) is 3. The number of hydrogen-bond donors (Lipinski definition) is 0. The summed E-state index contributed by atoms with van der Waals surface area (Å²) in [4.78, 5) is 16.8. The Balaban J connectivity index is 1.63. The van der Waals surface area contributed by atoms with Gasteiger partial charge in [-0.3, -0.25) is 9.69 Å². The average Bonchev–Trinajstić information content (AvgIpc) is 2.74. The summed E-state index contributed by atoms with van der Waals surface area (Å²) in [5.41, 5.74) is 2.69. The van der Waals surface area contributed by atoms with E-state index in [1.807, 2.05) is 48.5 Å². The zero-order valence-electron chi connectivity index (χ0n) is 15.3. The number of carbonyl (C=O) groups excluding carboxylic acids is 1. The van der Waals surface area contributed by atoms with E-state index in [1.165, 1.54) is 0 Å². The number of fused-ring (bicyclic) bond motifs is 1. The van der Waals surface area contributed by atoms with Crippen molar-refractivity contribution >= 4 is 39.3 Å². The molecule has 0 aliphatic carbocycles. The van der Waals surface area contributed by atoms with Crippen LogP contribution in [0.1, 0.15) is 17.9 Å². The number of methoxy groups -OCH3 is 1. The van der Waals surface area contributed by atoms with Crippen LogP contribution in [-0.4, -0.2) is 30.5 Å². The summed E-state index contributed by atoms with van der Waals surface area (Å²) in [6, 6.07) is 18.0. The second kappa shape index (κ2) is 7.90. The van der Waals surface area contributed by atoms with Gasteiger partial charge >= 0.3 is 0 Å². The van der Waals surface area contributed by atoms with E-state index < -0.39 is 0 Å². The molecule has 2 aliphatic heterocycles. The molecule has 1 amide bonds. The van der Waals surface area contributed by atoms with Crippen molar-refractivity contribution in [2.45, 2.75) is 12.3 Å². The van der Waals surface area contributed by atoms with Gasteiger partial charge in [-0.2, -0.15) is 5.26 Å². The quantitative estimate of drug-likeness (QED) is 0.672. The van der Waals surface area contributed by atoms with Gasteiger partial charge in [0.2, 0.25) is 5.91 Å². The fourth-order valence-corrected chi connectivity index (χ4v) is 4.93. The monoisotopic (exact) mass is 455 g/mol. The predicted octanol–water partition coefficient (Wildman–Crippen LogP) is 4.68. The number of halogens is 1. The first kappa shape index (κ1) is 18.9. The maximum absolute atomic E-state index is 12.9. The Morgan fingerprint density at radius 2 is 1.89 bits per heavy atom. The molecular formula is C21H18BrN3O2S. The predicted molar refractivity (Wildman–Crippen MR) is 114 cm³/mol. The van der Waals surface area contributed by atoms with E-state index in [1.54, 1.807) is 23.8 Å². The highest BCUT2D eigenvalue weighted by Crippen LogP contribution is 2.43. The Kier molecular flexibility index (Phi) is 5.33. The molecule has 5 nitrogen and oxygen atoms in total. The Bertz CT molecular complexity index is 967. The van der Waals surface area contributed by atoms with Gasteiger partial charge in [0.1, 0.15) is 5.75 Å². The molecule has 28 heavy (non-hydrogen) atoms. The molecule has 7 heteroatoms. The summed E-state index contributed by atoms with van der Waals surface area (Å²) >= 11 is 5.00. The molecule has 0 spiro atoms. The van der Waals surface area contributed by atoms with Crippen molar-refractivity contribution in [3.63, 3.8) is 0 Å². The average molecular weight is 456 g/mol. The molecule has 4 rings (SSSR count). The summed E-state index contributed by atoms with van der Waals surface area (Å²) in [5, 5.41) is 10.6. The van der Waals surface area contributed by atoms with E-state index in [-0.39, 0.29) is 11.8 Å². The lowest BCUT2D eigenvalue weighted by Gasteiger charge is -2.42. The fourth-order valence-electron chi connectivity index (χ4n) is 3.50. The number of allylic oxidation sites excluding steroid dienone is 1.